The molecular formula is C5H7O. The number of hydrogen-bond acceptors (Lipinski definition) is 1. The van der Waals surface area contributed by atoms with Gasteiger partial charge in [0.15, 0.2) is 0 Å². The molecule has 1 saturated heterocycles. The Bertz CT molecular complexity index is 55.0. The van der Waals surface area contributed by atoms with Crippen LogP contribution in [0.15, 0.2) is 6.58 Å². The summed E-state index contributed by atoms with van der Waals surface area (Å²) in [4.78, 5) is 0. The summed E-state index contributed by atoms with van der Waals surface area (Å²) in [5, 5.41) is 0. The fraction of sp³-hybridized carbons (Fsp3) is 0.600. The summed E-state index contributed by atoms with van der Waals surface area (Å²) in [6.45, 7) is 4.35. The van der Waals surface area contributed by atoms with Gasteiger partial charge in [0.1, 0.15) is 0 Å². The number of hydrogen-bond donors (Lipinski definition) is 0. The third-order valence-electron chi connectivity index (χ3n) is 0.774. The average Bonchev–Trinajstić information content (AvgIpc) is 2.21. The van der Waals surface area contributed by atoms with E-state index in [-0.39, 0.29) is 0 Å². The summed E-state index contributed by atoms with van der Waals surface area (Å²) < 4.78 is 4.85. The largest absolute Gasteiger partial charge is 0.373 e. The highest BCUT2D eigenvalue weighted by Gasteiger charge is 2.19. The third kappa shape index (κ3) is 0.830. The molecule has 0 amide bonds. The second-order valence-electron chi connectivity index (χ2n) is 1.41. The topological polar surface area (TPSA) is 12.5 Å². The van der Waals surface area contributed by atoms with Crippen LogP contribution >= 0.6 is 0 Å². The minimum absolute atomic E-state index is 0.475. The van der Waals surface area contributed by atoms with Gasteiger partial charge in [-0.3, -0.25) is 0 Å². The van der Waals surface area contributed by atoms with Crippen LogP contribution in [0.1, 0.15) is 6.42 Å². The Morgan fingerprint density at radius 3 is 2.83 bits per heavy atom. The molecule has 1 fully saturated rings. The smallest absolute Gasteiger partial charge is 0.0850 e. The van der Waals surface area contributed by atoms with Crippen LogP contribution in [0.2, 0.25) is 0 Å². The van der Waals surface area contributed by atoms with Crippen molar-refractivity contribution in [2.24, 2.45) is 0 Å². The first-order chi connectivity index (χ1) is 2.93. The maximum Gasteiger partial charge on any atom is 0.0850 e. The number of epoxide rings is 1. The Morgan fingerprint density at radius 2 is 2.67 bits per heavy atom. The van der Waals surface area contributed by atoms with Crippen LogP contribution in [0.4, 0.5) is 0 Å². The predicted octanol–water partition coefficient (Wildman–Crippen LogP) is 0.764. The molecule has 0 N–H and O–H groups in total. The van der Waals surface area contributed by atoms with Crippen molar-refractivity contribution in [2.45, 2.75) is 12.5 Å². The van der Waals surface area contributed by atoms with Crippen molar-refractivity contribution >= 4 is 0 Å². The summed E-state index contributed by atoms with van der Waals surface area (Å²) in [6, 6.07) is 0. The molecule has 0 bridgehead atoms. The van der Waals surface area contributed by atoms with Crippen molar-refractivity contribution in [1.29, 1.82) is 0 Å². The summed E-state index contributed by atoms with van der Waals surface area (Å²) >= 11 is 0. The summed E-state index contributed by atoms with van der Waals surface area (Å²) in [5.74, 6) is 0. The van der Waals surface area contributed by atoms with E-state index in [2.05, 4.69) is 12.7 Å². The maximum atomic E-state index is 4.85. The van der Waals surface area contributed by atoms with Gasteiger partial charge in [-0.05, 0) is 6.08 Å². The molecule has 0 aliphatic carbocycles. The van der Waals surface area contributed by atoms with Gasteiger partial charge in [0, 0.05) is 6.42 Å². The molecule has 0 aromatic carbocycles. The highest BCUT2D eigenvalue weighted by Crippen LogP contribution is 2.11. The van der Waals surface area contributed by atoms with Gasteiger partial charge in [-0.15, -0.1) is 0 Å². The first-order valence-corrected chi connectivity index (χ1v) is 2.05. The minimum atomic E-state index is 0.475. The van der Waals surface area contributed by atoms with Gasteiger partial charge in [0.25, 0.3) is 0 Å². The van der Waals surface area contributed by atoms with E-state index in [0.717, 1.165) is 13.0 Å². The van der Waals surface area contributed by atoms with Crippen LogP contribution in [0.5, 0.6) is 0 Å². The zero-order valence-electron chi connectivity index (χ0n) is 3.61. The van der Waals surface area contributed by atoms with Gasteiger partial charge in [-0.25, -0.2) is 0 Å². The fourth-order valence-electron chi connectivity index (χ4n) is 0.347. The quantitative estimate of drug-likeness (QED) is 0.449. The molecule has 0 aromatic rings. The molecule has 1 radical (unpaired) electrons. The van der Waals surface area contributed by atoms with Crippen LogP contribution < -0.4 is 0 Å². The molecule has 1 atom stereocenters. The number of rotatable bonds is 2. The van der Waals surface area contributed by atoms with E-state index in [1.807, 2.05) is 0 Å². The Kier molecular flexibility index (Phi) is 0.926. The molecule has 1 aliphatic heterocycles. The van der Waals surface area contributed by atoms with Crippen LogP contribution in [0, 0.1) is 6.08 Å². The second-order valence-corrected chi connectivity index (χ2v) is 1.41. The monoisotopic (exact) mass is 83.0 g/mol. The molecule has 1 aliphatic rings. The molecular weight excluding hydrogens is 76.1 g/mol. The van der Waals surface area contributed by atoms with Crippen LogP contribution in [0.25, 0.3) is 0 Å². The van der Waals surface area contributed by atoms with Crippen LogP contribution in [-0.4, -0.2) is 12.7 Å². The van der Waals surface area contributed by atoms with Crippen molar-refractivity contribution in [2.75, 3.05) is 6.61 Å². The van der Waals surface area contributed by atoms with E-state index in [9.17, 15) is 0 Å². The van der Waals surface area contributed by atoms with Gasteiger partial charge in [0.2, 0.25) is 0 Å². The highest BCUT2D eigenvalue weighted by molar-refractivity contribution is 4.73. The van der Waals surface area contributed by atoms with Gasteiger partial charge in [-0.2, -0.15) is 0 Å². The highest BCUT2D eigenvalue weighted by atomic mass is 16.6. The lowest BCUT2D eigenvalue weighted by Gasteiger charge is -1.72. The second kappa shape index (κ2) is 1.43. The SMILES string of the molecule is C=[C]CC1CO1. The lowest BCUT2D eigenvalue weighted by atomic mass is 10.3. The van der Waals surface area contributed by atoms with Crippen molar-refractivity contribution < 1.29 is 4.74 Å². The molecule has 6 heavy (non-hydrogen) atoms. The van der Waals surface area contributed by atoms with Gasteiger partial charge >= 0.3 is 0 Å². The van der Waals surface area contributed by atoms with Gasteiger partial charge in [-0.1, -0.05) is 6.58 Å². The van der Waals surface area contributed by atoms with Gasteiger partial charge in [0.05, 0.1) is 12.7 Å². The fourth-order valence-corrected chi connectivity index (χ4v) is 0.347. The third-order valence-corrected chi connectivity index (χ3v) is 0.774. The Hall–Kier alpha value is -0.300. The van der Waals surface area contributed by atoms with E-state index < -0.39 is 0 Å². The summed E-state index contributed by atoms with van der Waals surface area (Å²) in [5.41, 5.74) is 0. The number of ether oxygens (including phenoxy) is 1. The lowest BCUT2D eigenvalue weighted by molar-refractivity contribution is 0.409. The Balaban J connectivity index is 2.00. The average molecular weight is 83.1 g/mol. The summed E-state index contributed by atoms with van der Waals surface area (Å²) in [6.07, 6.45) is 4.13. The molecule has 0 spiro atoms. The van der Waals surface area contributed by atoms with Crippen LogP contribution in [-0.2, 0) is 4.74 Å². The van der Waals surface area contributed by atoms with E-state index in [1.165, 1.54) is 0 Å². The van der Waals surface area contributed by atoms with E-state index in [4.69, 9.17) is 4.74 Å². The van der Waals surface area contributed by atoms with Crippen molar-refractivity contribution in [3.8, 4) is 0 Å². The molecule has 0 saturated carbocycles. The Labute approximate surface area is 37.6 Å². The standard InChI is InChI=1S/C5H7O/c1-2-3-5-4-6-5/h5H,1,3-4H2. The lowest BCUT2D eigenvalue weighted by Crippen LogP contribution is -1.76. The predicted molar refractivity (Wildman–Crippen MR) is 23.2 cm³/mol. The molecule has 1 unspecified atom stereocenters. The van der Waals surface area contributed by atoms with Crippen LogP contribution in [0.3, 0.4) is 0 Å². The molecule has 1 nitrogen and oxygen atoms in total. The van der Waals surface area contributed by atoms with Crippen molar-refractivity contribution in [1.82, 2.24) is 0 Å². The van der Waals surface area contributed by atoms with E-state index in [1.54, 1.807) is 0 Å². The van der Waals surface area contributed by atoms with E-state index >= 15 is 0 Å². The zero-order chi connectivity index (χ0) is 4.41. The molecule has 33 valence electrons. The van der Waals surface area contributed by atoms with Crippen molar-refractivity contribution in [3.63, 3.8) is 0 Å². The van der Waals surface area contributed by atoms with Gasteiger partial charge < -0.3 is 4.74 Å². The maximum absolute atomic E-state index is 4.85. The van der Waals surface area contributed by atoms with Crippen molar-refractivity contribution in [3.05, 3.63) is 12.7 Å². The molecule has 1 rings (SSSR count). The first kappa shape index (κ1) is 3.88. The zero-order valence-corrected chi connectivity index (χ0v) is 3.61. The minimum Gasteiger partial charge on any atom is -0.373 e. The molecule has 1 heterocycles. The summed E-state index contributed by atoms with van der Waals surface area (Å²) in [7, 11) is 0. The normalized spacial score (nSPS) is 29.7. The first-order valence-electron chi connectivity index (χ1n) is 2.05. The molecule has 1 heteroatoms. The van der Waals surface area contributed by atoms with E-state index in [0.29, 0.717) is 6.10 Å². The Morgan fingerprint density at radius 1 is 2.00 bits per heavy atom. The molecule has 0 aromatic heterocycles.